The van der Waals surface area contributed by atoms with E-state index in [9.17, 15) is 0 Å². The van der Waals surface area contributed by atoms with Crippen molar-refractivity contribution in [3.63, 3.8) is 0 Å². The fraction of sp³-hybridized carbons (Fsp3) is 0.182. The smallest absolute Gasteiger partial charge is 0.231 e. The van der Waals surface area contributed by atoms with Gasteiger partial charge in [-0.05, 0) is 29.8 Å². The molecular weight excluding hydrogens is 384 g/mol. The molecule has 8 nitrogen and oxygen atoms in total. The van der Waals surface area contributed by atoms with Crippen LogP contribution in [0.5, 0.6) is 23.0 Å². The van der Waals surface area contributed by atoms with Crippen molar-refractivity contribution in [1.82, 2.24) is 14.4 Å². The molecule has 3 heterocycles. The van der Waals surface area contributed by atoms with E-state index >= 15 is 0 Å². The average molecular weight is 404 g/mol. The molecule has 0 atom stereocenters. The molecular formula is C22H20N4O4. The van der Waals surface area contributed by atoms with E-state index in [1.807, 2.05) is 47.0 Å². The van der Waals surface area contributed by atoms with Crippen LogP contribution in [0, 0.1) is 0 Å². The highest BCUT2D eigenvalue weighted by Crippen LogP contribution is 2.38. The van der Waals surface area contributed by atoms with E-state index in [0.717, 1.165) is 45.5 Å². The summed E-state index contributed by atoms with van der Waals surface area (Å²) in [4.78, 5) is 8.99. The maximum absolute atomic E-state index is 5.60. The fourth-order valence-corrected chi connectivity index (χ4v) is 3.49. The molecule has 0 aliphatic carbocycles. The van der Waals surface area contributed by atoms with Gasteiger partial charge in [-0.2, -0.15) is 0 Å². The highest BCUT2D eigenvalue weighted by molar-refractivity contribution is 5.80. The van der Waals surface area contributed by atoms with E-state index < -0.39 is 0 Å². The second-order valence-electron chi connectivity index (χ2n) is 6.72. The highest BCUT2D eigenvalue weighted by Gasteiger charge is 2.19. The number of ether oxygens (including phenoxy) is 4. The van der Waals surface area contributed by atoms with Gasteiger partial charge in [0, 0.05) is 30.6 Å². The number of nitrogens with zero attached hydrogens (tertiary/aromatic N) is 3. The van der Waals surface area contributed by atoms with Crippen molar-refractivity contribution in [3.05, 3.63) is 60.6 Å². The average Bonchev–Trinajstić information content (AvgIpc) is 3.41. The lowest BCUT2D eigenvalue weighted by Crippen LogP contribution is -2.04. The molecule has 0 saturated heterocycles. The van der Waals surface area contributed by atoms with Gasteiger partial charge >= 0.3 is 0 Å². The van der Waals surface area contributed by atoms with Gasteiger partial charge in [-0.3, -0.25) is 9.38 Å². The maximum Gasteiger partial charge on any atom is 0.231 e. The Morgan fingerprint density at radius 3 is 2.83 bits per heavy atom. The van der Waals surface area contributed by atoms with Crippen molar-refractivity contribution in [2.24, 2.45) is 0 Å². The summed E-state index contributed by atoms with van der Waals surface area (Å²) in [6, 6.07) is 11.6. The number of hydrogen-bond donors (Lipinski definition) is 1. The predicted molar refractivity (Wildman–Crippen MR) is 111 cm³/mol. The van der Waals surface area contributed by atoms with Crippen LogP contribution in [-0.2, 0) is 6.54 Å². The Kier molecular flexibility index (Phi) is 4.51. The minimum atomic E-state index is 0.258. The third-order valence-corrected chi connectivity index (χ3v) is 4.99. The number of fused-ring (bicyclic) bond motifs is 2. The second-order valence-corrected chi connectivity index (χ2v) is 6.72. The molecule has 1 N–H and O–H groups in total. The zero-order valence-electron chi connectivity index (χ0n) is 16.6. The Morgan fingerprint density at radius 1 is 1.07 bits per heavy atom. The largest absolute Gasteiger partial charge is 0.497 e. The van der Waals surface area contributed by atoms with E-state index in [0.29, 0.717) is 12.3 Å². The Bertz CT molecular complexity index is 1220. The molecule has 152 valence electrons. The van der Waals surface area contributed by atoms with Crippen LogP contribution in [0.25, 0.3) is 16.9 Å². The maximum atomic E-state index is 5.60. The minimum absolute atomic E-state index is 0.258. The molecule has 5 rings (SSSR count). The van der Waals surface area contributed by atoms with E-state index in [1.165, 1.54) is 0 Å². The van der Waals surface area contributed by atoms with Crippen molar-refractivity contribution >= 4 is 11.5 Å². The summed E-state index contributed by atoms with van der Waals surface area (Å²) in [5.74, 6) is 3.76. The van der Waals surface area contributed by atoms with Crippen molar-refractivity contribution in [1.29, 1.82) is 0 Å². The lowest BCUT2D eigenvalue weighted by molar-refractivity contribution is 0.174. The molecule has 0 amide bonds. The summed E-state index contributed by atoms with van der Waals surface area (Å²) >= 11 is 0. The quantitative estimate of drug-likeness (QED) is 0.524. The normalized spacial score (nSPS) is 12.2. The lowest BCUT2D eigenvalue weighted by Gasteiger charge is -2.12. The first-order chi connectivity index (χ1) is 14.8. The number of methoxy groups -OCH3 is 2. The molecule has 2 aromatic carbocycles. The van der Waals surface area contributed by atoms with Crippen molar-refractivity contribution < 1.29 is 18.9 Å². The van der Waals surface area contributed by atoms with E-state index in [1.54, 1.807) is 26.6 Å². The van der Waals surface area contributed by atoms with Gasteiger partial charge in [0.1, 0.15) is 23.0 Å². The number of imidazole rings is 1. The Labute approximate surface area is 173 Å². The lowest BCUT2D eigenvalue weighted by atomic mass is 10.1. The summed E-state index contributed by atoms with van der Waals surface area (Å²) in [7, 11) is 3.26. The SMILES string of the molecule is COc1ccc(-c2nc3cnccn3c2NCc2ccc3c(c2)OCO3)c(OC)c1. The first kappa shape index (κ1) is 18.1. The first-order valence-corrected chi connectivity index (χ1v) is 9.43. The Balaban J connectivity index is 1.54. The van der Waals surface area contributed by atoms with Crippen LogP contribution in [0.2, 0.25) is 0 Å². The third kappa shape index (κ3) is 3.12. The second kappa shape index (κ2) is 7.47. The van der Waals surface area contributed by atoms with E-state index in [4.69, 9.17) is 23.9 Å². The van der Waals surface area contributed by atoms with Crippen molar-refractivity contribution in [3.8, 4) is 34.3 Å². The number of nitrogens with one attached hydrogen (secondary N) is 1. The van der Waals surface area contributed by atoms with Crippen molar-refractivity contribution in [2.75, 3.05) is 26.3 Å². The zero-order valence-corrected chi connectivity index (χ0v) is 16.6. The molecule has 0 fully saturated rings. The highest BCUT2D eigenvalue weighted by atomic mass is 16.7. The van der Waals surface area contributed by atoms with Gasteiger partial charge < -0.3 is 24.3 Å². The van der Waals surface area contributed by atoms with Crippen molar-refractivity contribution in [2.45, 2.75) is 6.54 Å². The van der Waals surface area contributed by atoms with Crippen LogP contribution >= 0.6 is 0 Å². The van der Waals surface area contributed by atoms with Gasteiger partial charge in [-0.15, -0.1) is 0 Å². The van der Waals surface area contributed by atoms with E-state index in [2.05, 4.69) is 10.3 Å². The molecule has 30 heavy (non-hydrogen) atoms. The summed E-state index contributed by atoms with van der Waals surface area (Å²) in [5.41, 5.74) is 3.42. The Morgan fingerprint density at radius 2 is 1.97 bits per heavy atom. The summed E-state index contributed by atoms with van der Waals surface area (Å²) in [6.45, 7) is 0.839. The monoisotopic (exact) mass is 404 g/mol. The van der Waals surface area contributed by atoms with Crippen LogP contribution < -0.4 is 24.3 Å². The molecule has 1 aliphatic rings. The topological polar surface area (TPSA) is 79.1 Å². The van der Waals surface area contributed by atoms with Gasteiger partial charge in [0.15, 0.2) is 17.1 Å². The summed E-state index contributed by atoms with van der Waals surface area (Å²) in [5, 5.41) is 3.51. The summed E-state index contributed by atoms with van der Waals surface area (Å²) in [6.07, 6.45) is 5.34. The number of rotatable bonds is 6. The molecule has 0 unspecified atom stereocenters. The number of aromatic nitrogens is 3. The van der Waals surface area contributed by atoms with Crippen LogP contribution in [0.4, 0.5) is 5.82 Å². The predicted octanol–water partition coefficient (Wildman–Crippen LogP) is 3.75. The van der Waals surface area contributed by atoms with Gasteiger partial charge in [0.2, 0.25) is 6.79 Å². The number of benzene rings is 2. The fourth-order valence-electron chi connectivity index (χ4n) is 3.49. The molecule has 0 saturated carbocycles. The molecule has 4 aromatic rings. The van der Waals surface area contributed by atoms with E-state index in [-0.39, 0.29) is 6.79 Å². The van der Waals surface area contributed by atoms with Gasteiger partial charge in [-0.1, -0.05) is 6.07 Å². The van der Waals surface area contributed by atoms with Crippen LogP contribution in [0.1, 0.15) is 5.56 Å². The third-order valence-electron chi connectivity index (χ3n) is 4.99. The molecule has 2 aromatic heterocycles. The molecule has 0 radical (unpaired) electrons. The zero-order chi connectivity index (χ0) is 20.5. The molecule has 1 aliphatic heterocycles. The number of anilines is 1. The van der Waals surface area contributed by atoms with Gasteiger partial charge in [0.05, 0.1) is 20.4 Å². The molecule has 0 bridgehead atoms. The number of hydrogen-bond acceptors (Lipinski definition) is 7. The Hall–Kier alpha value is -3.94. The van der Waals surface area contributed by atoms with Gasteiger partial charge in [0.25, 0.3) is 0 Å². The van der Waals surface area contributed by atoms with Crippen LogP contribution in [0.15, 0.2) is 55.0 Å². The molecule has 8 heteroatoms. The summed E-state index contributed by atoms with van der Waals surface area (Å²) < 4.78 is 23.8. The van der Waals surface area contributed by atoms with Gasteiger partial charge in [-0.25, -0.2) is 4.98 Å². The van der Waals surface area contributed by atoms with Crippen LogP contribution in [-0.4, -0.2) is 35.4 Å². The minimum Gasteiger partial charge on any atom is -0.497 e. The standard InChI is InChI=1S/C22H20N4O4/c1-27-15-4-5-16(18(10-15)28-2)21-22(26-8-7-23-12-20(26)25-21)24-11-14-3-6-17-19(9-14)30-13-29-17/h3-10,12,24H,11,13H2,1-2H3. The molecule has 0 spiro atoms. The first-order valence-electron chi connectivity index (χ1n) is 9.43. The van der Waals surface area contributed by atoms with Crippen LogP contribution in [0.3, 0.4) is 0 Å².